The standard InChI is InChI=1S/C12H12ClN3O2S/c13-10-2-1-3-11(8-10)19(17,18)16-7-6-15-5-4-14-12(15)9-16/h1-5,8H,6-7,9H2. The minimum atomic E-state index is -3.51. The number of imidazole rings is 1. The summed E-state index contributed by atoms with van der Waals surface area (Å²) < 4.78 is 28.4. The smallest absolute Gasteiger partial charge is 0.243 e. The van der Waals surface area contributed by atoms with Crippen LogP contribution in [0.2, 0.25) is 5.02 Å². The summed E-state index contributed by atoms with van der Waals surface area (Å²) in [6.07, 6.45) is 3.55. The second kappa shape index (κ2) is 4.63. The first-order chi connectivity index (χ1) is 9.07. The molecule has 0 radical (unpaired) electrons. The maximum absolute atomic E-state index is 12.5. The van der Waals surface area contributed by atoms with E-state index in [1.807, 2.05) is 10.8 Å². The average Bonchev–Trinajstić information content (AvgIpc) is 2.85. The molecule has 1 aromatic carbocycles. The van der Waals surface area contributed by atoms with Crippen molar-refractivity contribution in [2.24, 2.45) is 0 Å². The SMILES string of the molecule is O=S(=O)(c1cccc(Cl)c1)N1CCn2ccnc2C1. The fourth-order valence-electron chi connectivity index (χ4n) is 2.13. The maximum atomic E-state index is 12.5. The van der Waals surface area contributed by atoms with Crippen molar-refractivity contribution >= 4 is 21.6 Å². The molecule has 1 aliphatic rings. The van der Waals surface area contributed by atoms with Crippen LogP contribution in [0.15, 0.2) is 41.6 Å². The number of hydrogen-bond acceptors (Lipinski definition) is 3. The van der Waals surface area contributed by atoms with E-state index in [4.69, 9.17) is 11.6 Å². The van der Waals surface area contributed by atoms with Crippen molar-refractivity contribution < 1.29 is 8.42 Å². The van der Waals surface area contributed by atoms with Gasteiger partial charge in [0, 0.05) is 30.5 Å². The third-order valence-electron chi connectivity index (χ3n) is 3.14. The van der Waals surface area contributed by atoms with Gasteiger partial charge in [-0.05, 0) is 18.2 Å². The van der Waals surface area contributed by atoms with Crippen LogP contribution in [-0.4, -0.2) is 28.8 Å². The summed E-state index contributed by atoms with van der Waals surface area (Å²) in [4.78, 5) is 4.38. The third kappa shape index (κ3) is 2.27. The monoisotopic (exact) mass is 297 g/mol. The van der Waals surface area contributed by atoms with E-state index in [9.17, 15) is 8.42 Å². The molecule has 19 heavy (non-hydrogen) atoms. The number of fused-ring (bicyclic) bond motifs is 1. The molecule has 0 bridgehead atoms. The van der Waals surface area contributed by atoms with Gasteiger partial charge < -0.3 is 4.57 Å². The van der Waals surface area contributed by atoms with Crippen LogP contribution in [0, 0.1) is 0 Å². The highest BCUT2D eigenvalue weighted by molar-refractivity contribution is 7.89. The van der Waals surface area contributed by atoms with Crippen molar-refractivity contribution in [3.8, 4) is 0 Å². The van der Waals surface area contributed by atoms with Gasteiger partial charge in [0.15, 0.2) is 0 Å². The van der Waals surface area contributed by atoms with E-state index >= 15 is 0 Å². The third-order valence-corrected chi connectivity index (χ3v) is 5.22. The van der Waals surface area contributed by atoms with E-state index < -0.39 is 10.0 Å². The van der Waals surface area contributed by atoms with Crippen LogP contribution < -0.4 is 0 Å². The summed E-state index contributed by atoms with van der Waals surface area (Å²) in [5, 5.41) is 0.416. The van der Waals surface area contributed by atoms with Crippen LogP contribution in [0.25, 0.3) is 0 Å². The normalized spacial score (nSPS) is 16.3. The molecule has 1 aliphatic heterocycles. The van der Waals surface area contributed by atoms with E-state index in [1.165, 1.54) is 10.4 Å². The largest absolute Gasteiger partial charge is 0.333 e. The number of hydrogen-bond donors (Lipinski definition) is 0. The van der Waals surface area contributed by atoms with Gasteiger partial charge in [0.05, 0.1) is 11.4 Å². The summed E-state index contributed by atoms with van der Waals surface area (Å²) in [5.74, 6) is 0.761. The van der Waals surface area contributed by atoms with Crippen LogP contribution in [0.5, 0.6) is 0 Å². The van der Waals surface area contributed by atoms with Crippen LogP contribution in [0.4, 0.5) is 0 Å². The molecule has 1 aromatic heterocycles. The van der Waals surface area contributed by atoms with Crippen molar-refractivity contribution in [1.29, 1.82) is 0 Å². The second-order valence-corrected chi connectivity index (χ2v) is 6.71. The molecular weight excluding hydrogens is 286 g/mol. The average molecular weight is 298 g/mol. The zero-order valence-corrected chi connectivity index (χ0v) is 11.6. The first-order valence-corrected chi connectivity index (χ1v) is 7.65. The Morgan fingerprint density at radius 3 is 2.89 bits per heavy atom. The van der Waals surface area contributed by atoms with Gasteiger partial charge in [0.25, 0.3) is 0 Å². The Hall–Kier alpha value is -1.37. The van der Waals surface area contributed by atoms with Gasteiger partial charge in [-0.25, -0.2) is 13.4 Å². The fraction of sp³-hybridized carbons (Fsp3) is 0.250. The van der Waals surface area contributed by atoms with Crippen molar-refractivity contribution in [3.05, 3.63) is 47.5 Å². The number of rotatable bonds is 2. The fourth-order valence-corrected chi connectivity index (χ4v) is 3.82. The molecule has 0 N–H and O–H groups in total. The Labute approximate surface area is 116 Å². The van der Waals surface area contributed by atoms with E-state index in [1.54, 1.807) is 24.4 Å². The topological polar surface area (TPSA) is 55.2 Å². The van der Waals surface area contributed by atoms with Gasteiger partial charge in [0.2, 0.25) is 10.0 Å². The molecule has 100 valence electrons. The lowest BCUT2D eigenvalue weighted by Crippen LogP contribution is -2.38. The first kappa shape index (κ1) is 12.7. The Balaban J connectivity index is 1.94. The summed E-state index contributed by atoms with van der Waals surface area (Å²) in [7, 11) is -3.51. The molecule has 5 nitrogen and oxygen atoms in total. The van der Waals surface area contributed by atoms with Crippen molar-refractivity contribution in [2.75, 3.05) is 6.54 Å². The van der Waals surface area contributed by atoms with Crippen molar-refractivity contribution in [3.63, 3.8) is 0 Å². The number of benzene rings is 1. The molecule has 3 rings (SSSR count). The first-order valence-electron chi connectivity index (χ1n) is 5.83. The zero-order chi connectivity index (χ0) is 13.5. The minimum Gasteiger partial charge on any atom is -0.333 e. The summed E-state index contributed by atoms with van der Waals surface area (Å²) in [6, 6.07) is 6.32. The highest BCUT2D eigenvalue weighted by Crippen LogP contribution is 2.23. The molecular formula is C12H12ClN3O2S. The minimum absolute atomic E-state index is 0.222. The van der Waals surface area contributed by atoms with E-state index in [0.29, 0.717) is 24.7 Å². The summed E-state index contributed by atoms with van der Waals surface area (Å²) in [5.41, 5.74) is 0. The number of nitrogens with zero attached hydrogens (tertiary/aromatic N) is 3. The number of aromatic nitrogens is 2. The second-order valence-electron chi connectivity index (χ2n) is 4.33. The Morgan fingerprint density at radius 1 is 1.26 bits per heavy atom. The highest BCUT2D eigenvalue weighted by Gasteiger charge is 2.28. The molecule has 0 fully saturated rings. The van der Waals surface area contributed by atoms with Crippen molar-refractivity contribution in [1.82, 2.24) is 13.9 Å². The molecule has 2 aromatic rings. The Morgan fingerprint density at radius 2 is 2.11 bits per heavy atom. The lowest BCUT2D eigenvalue weighted by atomic mass is 10.4. The molecule has 0 spiro atoms. The van der Waals surface area contributed by atoms with Gasteiger partial charge in [0.1, 0.15) is 5.82 Å². The lowest BCUT2D eigenvalue weighted by Gasteiger charge is -2.26. The molecule has 0 aliphatic carbocycles. The molecule has 2 heterocycles. The molecule has 0 amide bonds. The van der Waals surface area contributed by atoms with Gasteiger partial charge in [-0.2, -0.15) is 4.31 Å². The van der Waals surface area contributed by atoms with Crippen molar-refractivity contribution in [2.45, 2.75) is 18.0 Å². The molecule has 7 heteroatoms. The number of sulfonamides is 1. The van der Waals surface area contributed by atoms with Gasteiger partial charge in [-0.3, -0.25) is 0 Å². The summed E-state index contributed by atoms with van der Waals surface area (Å²) >= 11 is 5.85. The lowest BCUT2D eigenvalue weighted by molar-refractivity contribution is 0.335. The van der Waals surface area contributed by atoms with E-state index in [2.05, 4.69) is 4.98 Å². The van der Waals surface area contributed by atoms with E-state index in [-0.39, 0.29) is 4.90 Å². The zero-order valence-electron chi connectivity index (χ0n) is 10.0. The summed E-state index contributed by atoms with van der Waals surface area (Å²) in [6.45, 7) is 1.36. The molecule has 0 saturated carbocycles. The predicted molar refractivity (Wildman–Crippen MR) is 71.3 cm³/mol. The maximum Gasteiger partial charge on any atom is 0.243 e. The van der Waals surface area contributed by atoms with E-state index in [0.717, 1.165) is 5.82 Å². The highest BCUT2D eigenvalue weighted by atomic mass is 35.5. The molecule has 0 saturated heterocycles. The van der Waals surface area contributed by atoms with Crippen LogP contribution in [-0.2, 0) is 23.1 Å². The quantitative estimate of drug-likeness (QED) is 0.848. The Kier molecular flexibility index (Phi) is 3.08. The molecule has 0 atom stereocenters. The van der Waals surface area contributed by atoms with Crippen LogP contribution >= 0.6 is 11.6 Å². The van der Waals surface area contributed by atoms with Gasteiger partial charge in [-0.15, -0.1) is 0 Å². The predicted octanol–water partition coefficient (Wildman–Crippen LogP) is 1.74. The van der Waals surface area contributed by atoms with Gasteiger partial charge >= 0.3 is 0 Å². The van der Waals surface area contributed by atoms with Gasteiger partial charge in [-0.1, -0.05) is 17.7 Å². The Bertz CT molecular complexity index is 711. The molecule has 0 unspecified atom stereocenters. The van der Waals surface area contributed by atoms with Crippen LogP contribution in [0.3, 0.4) is 0 Å². The van der Waals surface area contributed by atoms with Crippen LogP contribution in [0.1, 0.15) is 5.82 Å². The number of halogens is 1.